The monoisotopic (exact) mass is 420 g/mol. The minimum atomic E-state index is -1.04. The molecule has 0 bridgehead atoms. The summed E-state index contributed by atoms with van der Waals surface area (Å²) in [5.41, 5.74) is 5.36. The van der Waals surface area contributed by atoms with Gasteiger partial charge < -0.3 is 15.3 Å². The average molecular weight is 421 g/mol. The minimum absolute atomic E-state index is 0.127. The number of aromatic carboxylic acids is 1. The maximum absolute atomic E-state index is 12.7. The first-order chi connectivity index (χ1) is 14.8. The molecule has 0 atom stereocenters. The Hall–Kier alpha value is -3.61. The van der Waals surface area contributed by atoms with E-state index in [2.05, 4.69) is 17.3 Å². The molecule has 0 aliphatic heterocycles. The van der Waals surface area contributed by atoms with E-state index < -0.39 is 5.97 Å². The van der Waals surface area contributed by atoms with Crippen molar-refractivity contribution in [1.82, 2.24) is 9.78 Å². The summed E-state index contributed by atoms with van der Waals surface area (Å²) in [5, 5.41) is 16.7. The molecular weight excluding hydrogens is 392 g/mol. The Labute approximate surface area is 182 Å². The number of benzene rings is 2. The first kappa shape index (κ1) is 22.1. The normalized spacial score (nSPS) is 10.7. The summed E-state index contributed by atoms with van der Waals surface area (Å²) < 4.78 is 1.90. The third-order valence-electron chi connectivity index (χ3n) is 5.52. The van der Waals surface area contributed by atoms with E-state index in [1.807, 2.05) is 36.7 Å². The van der Waals surface area contributed by atoms with Gasteiger partial charge in [-0.15, -0.1) is 0 Å². The zero-order valence-corrected chi connectivity index (χ0v) is 18.3. The van der Waals surface area contributed by atoms with E-state index in [9.17, 15) is 14.7 Å². The largest absolute Gasteiger partial charge is 0.478 e. The molecule has 0 spiro atoms. The van der Waals surface area contributed by atoms with E-state index in [0.29, 0.717) is 11.3 Å². The number of anilines is 2. The summed E-state index contributed by atoms with van der Waals surface area (Å²) in [6, 6.07) is 13.7. The lowest BCUT2D eigenvalue weighted by Gasteiger charge is -2.23. The number of hydrogen-bond acceptors (Lipinski definition) is 4. The predicted octanol–water partition coefficient (Wildman–Crippen LogP) is 4.06. The van der Waals surface area contributed by atoms with Crippen molar-refractivity contribution in [2.75, 3.05) is 23.8 Å². The fourth-order valence-corrected chi connectivity index (χ4v) is 3.68. The highest BCUT2D eigenvalue weighted by atomic mass is 16.4. The molecule has 0 saturated carbocycles. The molecular formula is C24H28N4O3. The van der Waals surface area contributed by atoms with Crippen molar-refractivity contribution < 1.29 is 14.7 Å². The topological polar surface area (TPSA) is 87.5 Å². The lowest BCUT2D eigenvalue weighted by atomic mass is 10.1. The van der Waals surface area contributed by atoms with Gasteiger partial charge in [-0.25, -0.2) is 4.79 Å². The van der Waals surface area contributed by atoms with Crippen molar-refractivity contribution >= 4 is 23.3 Å². The Morgan fingerprint density at radius 2 is 1.81 bits per heavy atom. The molecule has 0 aliphatic carbocycles. The molecule has 0 fully saturated rings. The Kier molecular flexibility index (Phi) is 6.74. The zero-order valence-electron chi connectivity index (χ0n) is 18.3. The third-order valence-corrected chi connectivity index (χ3v) is 5.52. The van der Waals surface area contributed by atoms with E-state index in [4.69, 9.17) is 0 Å². The van der Waals surface area contributed by atoms with Crippen LogP contribution in [0.3, 0.4) is 0 Å². The van der Waals surface area contributed by atoms with Crippen molar-refractivity contribution in [3.63, 3.8) is 0 Å². The molecule has 7 nitrogen and oxygen atoms in total. The molecule has 2 N–H and O–H groups in total. The number of carboxylic acids is 1. The van der Waals surface area contributed by atoms with Crippen molar-refractivity contribution in [3.05, 3.63) is 76.6 Å². The van der Waals surface area contributed by atoms with Crippen molar-refractivity contribution in [3.8, 4) is 0 Å². The standard InChI is InChI=1S/C24H28N4O3/c1-16-20(17(2)28(4)26-16)11-8-14-27(3)22-13-12-19(24(30)31)15-21(22)25-23(29)18-9-6-5-7-10-18/h5-7,9-10,12-13,15H,8,11,14H2,1-4H3,(H,25,29)(H,30,31). The van der Waals surface area contributed by atoms with Crippen LogP contribution in [0.25, 0.3) is 0 Å². The molecule has 1 heterocycles. The summed E-state index contributed by atoms with van der Waals surface area (Å²) in [7, 11) is 3.89. The van der Waals surface area contributed by atoms with Crippen LogP contribution in [0.4, 0.5) is 11.4 Å². The van der Waals surface area contributed by atoms with Gasteiger partial charge in [0.1, 0.15) is 0 Å². The number of hydrogen-bond donors (Lipinski definition) is 2. The quantitative estimate of drug-likeness (QED) is 0.574. The number of carbonyl (C=O) groups is 2. The van der Waals surface area contributed by atoms with Crippen LogP contribution in [0.2, 0.25) is 0 Å². The van der Waals surface area contributed by atoms with Crippen LogP contribution in [-0.4, -0.2) is 40.4 Å². The first-order valence-electron chi connectivity index (χ1n) is 10.2. The smallest absolute Gasteiger partial charge is 0.335 e. The van der Waals surface area contributed by atoms with E-state index in [1.54, 1.807) is 36.4 Å². The van der Waals surface area contributed by atoms with E-state index in [0.717, 1.165) is 30.8 Å². The van der Waals surface area contributed by atoms with Gasteiger partial charge in [-0.2, -0.15) is 5.10 Å². The Morgan fingerprint density at radius 1 is 1.10 bits per heavy atom. The van der Waals surface area contributed by atoms with Gasteiger partial charge >= 0.3 is 5.97 Å². The molecule has 3 aromatic rings. The first-order valence-corrected chi connectivity index (χ1v) is 10.2. The average Bonchev–Trinajstić information content (AvgIpc) is 3.00. The third kappa shape index (κ3) is 5.12. The molecule has 0 radical (unpaired) electrons. The molecule has 3 rings (SSSR count). The highest BCUT2D eigenvalue weighted by molar-refractivity contribution is 6.06. The maximum Gasteiger partial charge on any atom is 0.335 e. The van der Waals surface area contributed by atoms with Crippen LogP contribution in [0.5, 0.6) is 0 Å². The number of carbonyl (C=O) groups excluding carboxylic acids is 1. The summed E-state index contributed by atoms with van der Waals surface area (Å²) in [4.78, 5) is 26.1. The molecule has 2 aromatic carbocycles. The fraction of sp³-hybridized carbons (Fsp3) is 0.292. The zero-order chi connectivity index (χ0) is 22.5. The van der Waals surface area contributed by atoms with Crippen LogP contribution in [0.1, 0.15) is 44.1 Å². The molecule has 1 aromatic heterocycles. The van der Waals surface area contributed by atoms with Crippen LogP contribution in [-0.2, 0) is 13.5 Å². The van der Waals surface area contributed by atoms with Gasteiger partial charge in [0.2, 0.25) is 0 Å². The molecule has 7 heteroatoms. The van der Waals surface area contributed by atoms with E-state index in [-0.39, 0.29) is 11.5 Å². The summed E-state index contributed by atoms with van der Waals surface area (Å²) in [5.74, 6) is -1.31. The molecule has 0 aliphatic rings. The number of aromatic nitrogens is 2. The fourth-order valence-electron chi connectivity index (χ4n) is 3.68. The second-order valence-corrected chi connectivity index (χ2v) is 7.66. The lowest BCUT2D eigenvalue weighted by molar-refractivity contribution is 0.0696. The van der Waals surface area contributed by atoms with Crippen LogP contribution < -0.4 is 10.2 Å². The van der Waals surface area contributed by atoms with Gasteiger partial charge in [0.15, 0.2) is 0 Å². The SMILES string of the molecule is Cc1nn(C)c(C)c1CCCN(C)c1ccc(C(=O)O)cc1NC(=O)c1ccccc1. The number of amides is 1. The number of rotatable bonds is 8. The highest BCUT2D eigenvalue weighted by Gasteiger charge is 2.16. The van der Waals surface area contributed by atoms with Crippen LogP contribution in [0, 0.1) is 13.8 Å². The summed E-state index contributed by atoms with van der Waals surface area (Å²) in [6.07, 6.45) is 1.80. The molecule has 31 heavy (non-hydrogen) atoms. The number of carboxylic acid groups (broad SMARTS) is 1. The summed E-state index contributed by atoms with van der Waals surface area (Å²) in [6.45, 7) is 4.84. The van der Waals surface area contributed by atoms with Gasteiger partial charge in [-0.05, 0) is 62.6 Å². The number of nitrogens with one attached hydrogen (secondary N) is 1. The molecule has 162 valence electrons. The van der Waals surface area contributed by atoms with Gasteiger partial charge in [0.25, 0.3) is 5.91 Å². The second kappa shape index (κ2) is 9.47. The maximum atomic E-state index is 12.7. The van der Waals surface area contributed by atoms with Crippen molar-refractivity contribution in [2.45, 2.75) is 26.7 Å². The van der Waals surface area contributed by atoms with Gasteiger partial charge in [0, 0.05) is 31.9 Å². The Balaban J connectivity index is 1.77. The molecule has 0 saturated heterocycles. The van der Waals surface area contributed by atoms with Crippen LogP contribution >= 0.6 is 0 Å². The lowest BCUT2D eigenvalue weighted by Crippen LogP contribution is -2.22. The predicted molar refractivity (Wildman–Crippen MR) is 122 cm³/mol. The van der Waals surface area contributed by atoms with E-state index >= 15 is 0 Å². The Bertz CT molecular complexity index is 1090. The van der Waals surface area contributed by atoms with Gasteiger partial charge in [-0.1, -0.05) is 18.2 Å². The van der Waals surface area contributed by atoms with E-state index in [1.165, 1.54) is 17.3 Å². The van der Waals surface area contributed by atoms with Crippen molar-refractivity contribution in [2.24, 2.45) is 7.05 Å². The summed E-state index contributed by atoms with van der Waals surface area (Å²) >= 11 is 0. The molecule has 1 amide bonds. The van der Waals surface area contributed by atoms with Gasteiger partial charge in [0.05, 0.1) is 22.6 Å². The Morgan fingerprint density at radius 3 is 2.42 bits per heavy atom. The highest BCUT2D eigenvalue weighted by Crippen LogP contribution is 2.28. The number of aryl methyl sites for hydroxylation is 2. The minimum Gasteiger partial charge on any atom is -0.478 e. The second-order valence-electron chi connectivity index (χ2n) is 7.66. The molecule has 0 unspecified atom stereocenters. The van der Waals surface area contributed by atoms with Gasteiger partial charge in [-0.3, -0.25) is 9.48 Å². The van der Waals surface area contributed by atoms with Crippen LogP contribution in [0.15, 0.2) is 48.5 Å². The number of nitrogens with zero attached hydrogens (tertiary/aromatic N) is 3. The van der Waals surface area contributed by atoms with Crippen molar-refractivity contribution in [1.29, 1.82) is 0 Å².